The van der Waals surface area contributed by atoms with Crippen molar-refractivity contribution in [3.05, 3.63) is 105 Å². The van der Waals surface area contributed by atoms with E-state index in [0.29, 0.717) is 38.3 Å². The molecule has 6 aromatic rings. The SMILES string of the molecule is Cc1sc(-c2ccc(-c3ccncc3)s2)c(C)c1C1=C(c2c(C)sc(-c3ccc(-c4ccc(OC5CN(C(=O)OC(C)(C)C)C5)cc4)s3)c2C)C(F)(F)C(F)(F)C1(F)F. The maximum Gasteiger partial charge on any atom is 0.410 e. The first-order chi connectivity index (χ1) is 27.7. The molecule has 2 aliphatic rings. The number of aromatic nitrogens is 1. The molecule has 0 unspecified atom stereocenters. The highest BCUT2D eigenvalue weighted by atomic mass is 32.1. The Labute approximate surface area is 353 Å². The van der Waals surface area contributed by atoms with Gasteiger partial charge in [0.1, 0.15) is 17.5 Å². The van der Waals surface area contributed by atoms with Crippen LogP contribution in [0.3, 0.4) is 0 Å². The molecule has 5 aromatic heterocycles. The normalized spacial score (nSPS) is 17.4. The fourth-order valence-corrected chi connectivity index (χ4v) is 12.2. The summed E-state index contributed by atoms with van der Waals surface area (Å²) in [6.45, 7) is 12.3. The van der Waals surface area contributed by atoms with Crippen molar-refractivity contribution >= 4 is 62.6 Å². The number of likely N-dealkylation sites (tertiary alicyclic amines) is 1. The zero-order chi connectivity index (χ0) is 42.4. The predicted molar refractivity (Wildman–Crippen MR) is 227 cm³/mol. The second-order valence-electron chi connectivity index (χ2n) is 15.7. The Kier molecular flexibility index (Phi) is 10.2. The third-order valence-electron chi connectivity index (χ3n) is 10.4. The van der Waals surface area contributed by atoms with Crippen LogP contribution in [0.2, 0.25) is 0 Å². The number of halogens is 6. The molecule has 0 spiro atoms. The van der Waals surface area contributed by atoms with Crippen LogP contribution in [-0.2, 0) is 4.74 Å². The number of ether oxygens (including phenoxy) is 2. The number of carbonyl (C=O) groups excluding carboxylic acids is 1. The maximum absolute atomic E-state index is 16.2. The molecule has 0 radical (unpaired) electrons. The minimum absolute atomic E-state index is 0.175. The van der Waals surface area contributed by atoms with Gasteiger partial charge in [-0.3, -0.25) is 4.98 Å². The van der Waals surface area contributed by atoms with Crippen LogP contribution in [0.4, 0.5) is 31.1 Å². The van der Waals surface area contributed by atoms with E-state index in [1.54, 1.807) is 17.3 Å². The molecular weight excluding hydrogens is 847 g/mol. The molecule has 59 heavy (non-hydrogen) atoms. The van der Waals surface area contributed by atoms with E-state index in [-0.39, 0.29) is 44.2 Å². The van der Waals surface area contributed by atoms with Gasteiger partial charge in [0, 0.05) is 73.7 Å². The molecule has 5 nitrogen and oxygen atoms in total. The van der Waals surface area contributed by atoms with Crippen molar-refractivity contribution in [1.82, 2.24) is 9.88 Å². The topological polar surface area (TPSA) is 51.7 Å². The monoisotopic (exact) mass is 884 g/mol. The van der Waals surface area contributed by atoms with E-state index in [2.05, 4.69) is 4.98 Å². The van der Waals surface area contributed by atoms with Gasteiger partial charge in [-0.05, 0) is 131 Å². The Hall–Kier alpha value is -4.44. The van der Waals surface area contributed by atoms with Crippen LogP contribution in [0.1, 0.15) is 52.8 Å². The molecule has 0 N–H and O–H groups in total. The van der Waals surface area contributed by atoms with Crippen LogP contribution in [-0.4, -0.2) is 58.5 Å². The zero-order valence-electron chi connectivity index (χ0n) is 32.9. The van der Waals surface area contributed by atoms with E-state index in [1.807, 2.05) is 81.4 Å². The van der Waals surface area contributed by atoms with Crippen molar-refractivity contribution in [2.45, 2.75) is 77.9 Å². The van der Waals surface area contributed by atoms with Gasteiger partial charge >= 0.3 is 23.9 Å². The average molecular weight is 885 g/mol. The summed E-state index contributed by atoms with van der Waals surface area (Å²) in [4.78, 5) is 22.6. The summed E-state index contributed by atoms with van der Waals surface area (Å²) < 4.78 is 107. The van der Waals surface area contributed by atoms with E-state index in [9.17, 15) is 4.79 Å². The summed E-state index contributed by atoms with van der Waals surface area (Å²) in [5.74, 6) is -15.4. The van der Waals surface area contributed by atoms with Gasteiger partial charge in [-0.15, -0.1) is 45.3 Å². The number of nitrogens with zero attached hydrogens (tertiary/aromatic N) is 2. The summed E-state index contributed by atoms with van der Waals surface area (Å²) in [5, 5.41) is 0. The van der Waals surface area contributed by atoms with Crippen LogP contribution in [0.5, 0.6) is 5.75 Å². The Morgan fingerprint density at radius 1 is 0.661 bits per heavy atom. The third-order valence-corrected chi connectivity index (χ3v) is 15.4. The van der Waals surface area contributed by atoms with Gasteiger partial charge in [-0.1, -0.05) is 0 Å². The maximum atomic E-state index is 16.2. The second-order valence-corrected chi connectivity index (χ2v) is 20.3. The third kappa shape index (κ3) is 7.01. The van der Waals surface area contributed by atoms with Crippen LogP contribution < -0.4 is 4.74 Å². The molecule has 308 valence electrons. The summed E-state index contributed by atoms with van der Waals surface area (Å²) in [6.07, 6.45) is 2.74. The number of rotatable bonds is 8. The van der Waals surface area contributed by atoms with E-state index in [0.717, 1.165) is 43.6 Å². The first-order valence-corrected chi connectivity index (χ1v) is 21.9. The van der Waals surface area contributed by atoms with Gasteiger partial charge in [0.15, 0.2) is 0 Å². The molecule has 1 aliphatic carbocycles. The van der Waals surface area contributed by atoms with Crippen molar-refractivity contribution in [3.63, 3.8) is 0 Å². The van der Waals surface area contributed by atoms with Gasteiger partial charge in [-0.25, -0.2) is 4.79 Å². The predicted octanol–water partition coefficient (Wildman–Crippen LogP) is 14.1. The first-order valence-electron chi connectivity index (χ1n) is 18.6. The highest BCUT2D eigenvalue weighted by Gasteiger charge is 2.80. The molecular formula is C44H38F6N2O3S4. The van der Waals surface area contributed by atoms with E-state index in [1.165, 1.54) is 50.4 Å². The van der Waals surface area contributed by atoms with Crippen LogP contribution >= 0.6 is 45.3 Å². The lowest BCUT2D eigenvalue weighted by atomic mass is 9.90. The summed E-state index contributed by atoms with van der Waals surface area (Å²) in [6, 6.07) is 18.4. The van der Waals surface area contributed by atoms with Gasteiger partial charge in [0.25, 0.3) is 0 Å². The number of hydrogen-bond donors (Lipinski definition) is 0. The van der Waals surface area contributed by atoms with Gasteiger partial charge in [0.2, 0.25) is 0 Å². The van der Waals surface area contributed by atoms with E-state index < -0.39 is 34.5 Å². The van der Waals surface area contributed by atoms with Crippen molar-refractivity contribution in [2.24, 2.45) is 0 Å². The van der Waals surface area contributed by atoms with Crippen molar-refractivity contribution in [2.75, 3.05) is 13.1 Å². The molecule has 0 atom stereocenters. The lowest BCUT2D eigenvalue weighted by Gasteiger charge is -2.39. The standard InChI is InChI=1S/C44H38F6N2O3S4/c1-22-34(24(3)56-38(22)32-14-12-30(58-32)26-8-10-28(11-9-26)54-29-20-52(21-29)40(53)55-41(5,6)7)36-37(43(47,48)44(49,50)42(36,45)46)35-23(2)39(57-25(35)4)33-15-13-31(59-33)27-16-18-51-19-17-27/h8-19,29H,20-21H2,1-7H3. The van der Waals surface area contributed by atoms with Gasteiger partial charge < -0.3 is 14.4 Å². The molecule has 1 aliphatic heterocycles. The van der Waals surface area contributed by atoms with Gasteiger partial charge in [0.05, 0.1) is 13.1 Å². The summed E-state index contributed by atoms with van der Waals surface area (Å²) in [5.41, 5.74) is -1.54. The molecule has 8 rings (SSSR count). The number of amides is 1. The number of alkyl halides is 6. The Morgan fingerprint density at radius 2 is 1.10 bits per heavy atom. The summed E-state index contributed by atoms with van der Waals surface area (Å²) >= 11 is 5.01. The number of thiophene rings is 4. The number of aryl methyl sites for hydroxylation is 2. The number of benzene rings is 1. The average Bonchev–Trinajstić information content (AvgIpc) is 3.96. The molecule has 1 amide bonds. The molecule has 0 bridgehead atoms. The van der Waals surface area contributed by atoms with E-state index >= 15 is 26.3 Å². The van der Waals surface area contributed by atoms with Crippen molar-refractivity contribution in [3.8, 4) is 46.1 Å². The minimum Gasteiger partial charge on any atom is -0.487 e. The largest absolute Gasteiger partial charge is 0.487 e. The van der Waals surface area contributed by atoms with Crippen LogP contribution in [0.25, 0.3) is 51.5 Å². The number of hydrogen-bond acceptors (Lipinski definition) is 8. The zero-order valence-corrected chi connectivity index (χ0v) is 36.2. The lowest BCUT2D eigenvalue weighted by Crippen LogP contribution is -2.57. The number of pyridine rings is 1. The lowest BCUT2D eigenvalue weighted by molar-refractivity contribution is -0.254. The fourth-order valence-electron chi connectivity index (χ4n) is 7.53. The smallest absolute Gasteiger partial charge is 0.410 e. The van der Waals surface area contributed by atoms with E-state index in [4.69, 9.17) is 9.47 Å². The Bertz CT molecular complexity index is 2610. The fraction of sp³-hybridized carbons (Fsp3) is 0.318. The Morgan fingerprint density at radius 3 is 1.56 bits per heavy atom. The molecule has 1 saturated heterocycles. The highest BCUT2D eigenvalue weighted by molar-refractivity contribution is 7.24. The number of allylic oxidation sites excluding steroid dienone is 2. The van der Waals surface area contributed by atoms with Gasteiger partial charge in [-0.2, -0.15) is 26.3 Å². The quantitative estimate of drug-likeness (QED) is 0.143. The van der Waals surface area contributed by atoms with Crippen LogP contribution in [0.15, 0.2) is 73.1 Å². The summed E-state index contributed by atoms with van der Waals surface area (Å²) in [7, 11) is 0. The number of carbonyl (C=O) groups is 1. The molecule has 1 fully saturated rings. The molecule has 0 saturated carbocycles. The van der Waals surface area contributed by atoms with Crippen molar-refractivity contribution in [1.29, 1.82) is 0 Å². The van der Waals surface area contributed by atoms with Crippen molar-refractivity contribution < 1.29 is 40.6 Å². The molecule has 1 aromatic carbocycles. The second kappa shape index (κ2) is 14.6. The Balaban J connectivity index is 1.10. The first kappa shape index (κ1) is 41.3. The minimum atomic E-state index is -5.67. The van der Waals surface area contributed by atoms with Crippen LogP contribution in [0, 0.1) is 27.7 Å². The highest BCUT2D eigenvalue weighted by Crippen LogP contribution is 2.67. The molecule has 6 heterocycles. The molecule has 15 heteroatoms.